The minimum atomic E-state index is -0.500. The maximum atomic E-state index is 13.6. The molecule has 0 radical (unpaired) electrons. The number of anilines is 1. The Morgan fingerprint density at radius 1 is 1.23 bits per heavy atom. The molecule has 1 aromatic carbocycles. The number of amides is 1. The molecule has 0 saturated heterocycles. The summed E-state index contributed by atoms with van der Waals surface area (Å²) in [6.07, 6.45) is 6.07. The summed E-state index contributed by atoms with van der Waals surface area (Å²) in [7, 11) is 1.66. The van der Waals surface area contributed by atoms with E-state index < -0.39 is 11.4 Å². The molecule has 0 aliphatic heterocycles. The van der Waals surface area contributed by atoms with Crippen LogP contribution < -0.4 is 62.0 Å². The van der Waals surface area contributed by atoms with Gasteiger partial charge in [-0.1, -0.05) is 26.7 Å². The smallest absolute Gasteiger partial charge is 0.675 e. The molecule has 0 atom stereocenters. The third-order valence-electron chi connectivity index (χ3n) is 5.91. The molecule has 3 aromatic rings. The average molecular weight is 566 g/mol. The molecule has 208 valence electrons. The maximum absolute atomic E-state index is 13.6. The van der Waals surface area contributed by atoms with Crippen LogP contribution in [0.15, 0.2) is 30.6 Å². The van der Waals surface area contributed by atoms with Gasteiger partial charge in [0.1, 0.15) is 17.0 Å². The Morgan fingerprint density at radius 3 is 2.38 bits per heavy atom. The summed E-state index contributed by atoms with van der Waals surface area (Å²) in [4.78, 5) is 24.8. The van der Waals surface area contributed by atoms with E-state index in [-0.39, 0.29) is 80.3 Å². The van der Waals surface area contributed by atoms with Crippen molar-refractivity contribution < 1.29 is 65.7 Å². The Bertz CT molecular complexity index is 1240. The number of rotatable bonds is 5. The van der Waals surface area contributed by atoms with Gasteiger partial charge in [0, 0.05) is 30.0 Å². The van der Waals surface area contributed by atoms with Gasteiger partial charge in [-0.05, 0) is 58.7 Å². The number of nitrogens with one attached hydrogen (secondary N) is 5. The Balaban J connectivity index is 0.000000857. The van der Waals surface area contributed by atoms with E-state index in [9.17, 15) is 9.18 Å². The maximum Gasteiger partial charge on any atom is 1.00 e. The van der Waals surface area contributed by atoms with Crippen LogP contribution in [0.1, 0.15) is 88.8 Å². The van der Waals surface area contributed by atoms with E-state index in [0.717, 1.165) is 25.7 Å². The van der Waals surface area contributed by atoms with Crippen LogP contribution >= 0.6 is 0 Å². The first-order valence-electron chi connectivity index (χ1n) is 13.0. The second-order valence-electron chi connectivity index (χ2n) is 10.4. The third kappa shape index (κ3) is 10.3. The predicted octanol–water partition coefficient (Wildman–Crippen LogP) is 2.85. The van der Waals surface area contributed by atoms with Gasteiger partial charge >= 0.3 is 51.4 Å². The molecular formula is C28H41FKN7O2. The quantitative estimate of drug-likeness (QED) is 0.238. The Kier molecular flexibility index (Phi) is 13.9. The minimum absolute atomic E-state index is 0. The third-order valence-corrected chi connectivity index (χ3v) is 5.91. The van der Waals surface area contributed by atoms with Crippen molar-refractivity contribution in [3.8, 4) is 0 Å². The second-order valence-corrected chi connectivity index (χ2v) is 10.4. The van der Waals surface area contributed by atoms with Gasteiger partial charge in [0.05, 0.1) is 23.1 Å². The summed E-state index contributed by atoms with van der Waals surface area (Å²) in [5.74, 6) is -0.659. The normalized spacial score (nSPS) is 18.5. The number of hydrogen-bond donors (Lipinski definition) is 5. The van der Waals surface area contributed by atoms with Gasteiger partial charge in [-0.2, -0.15) is 0 Å². The van der Waals surface area contributed by atoms with Crippen molar-refractivity contribution in [2.24, 2.45) is 0 Å². The van der Waals surface area contributed by atoms with Crippen molar-refractivity contribution in [3.05, 3.63) is 59.0 Å². The molecule has 4 rings (SSSR count). The standard InChI is InChI=1S/C22H25FN7O.C4H10O.C2H6.K/c1-22(7-5-13(24)6-8-22)30-21(31)15-10-27-20-19(15)29-17(11-28-20)18(25)14-4-3-12(23)9-16(14)26-2;1-4(2,3)5;1-2;/h3-4,9-11,13,24-26H,5-8H2,1-2H3,(H,27,28)(H,30,31);5H,1-3H3;1-2H3;/q-1;;;+1. The van der Waals surface area contributed by atoms with Crippen LogP contribution in [0.2, 0.25) is 0 Å². The van der Waals surface area contributed by atoms with Crippen LogP contribution in [0.3, 0.4) is 0 Å². The number of benzene rings is 1. The number of carbonyl (C=O) groups excluding carboxylic acids is 1. The number of halogens is 1. The number of carbonyl (C=O) groups is 1. The minimum Gasteiger partial charge on any atom is -0.675 e. The van der Waals surface area contributed by atoms with Crippen LogP contribution in [-0.4, -0.2) is 55.9 Å². The molecule has 6 N–H and O–H groups in total. The van der Waals surface area contributed by atoms with E-state index in [0.29, 0.717) is 28.0 Å². The molecule has 1 aliphatic carbocycles. The van der Waals surface area contributed by atoms with Crippen LogP contribution in [0.25, 0.3) is 16.9 Å². The fourth-order valence-electron chi connectivity index (χ4n) is 3.99. The molecule has 39 heavy (non-hydrogen) atoms. The van der Waals surface area contributed by atoms with Crippen LogP contribution in [0, 0.1) is 11.2 Å². The molecule has 0 bridgehead atoms. The molecule has 11 heteroatoms. The van der Waals surface area contributed by atoms with E-state index in [4.69, 9.17) is 16.2 Å². The first kappa shape index (κ1) is 35.3. The number of aromatic nitrogens is 3. The summed E-state index contributed by atoms with van der Waals surface area (Å²) >= 11 is 0. The van der Waals surface area contributed by atoms with Gasteiger partial charge < -0.3 is 26.5 Å². The Hall–Kier alpha value is -1.73. The van der Waals surface area contributed by atoms with Crippen molar-refractivity contribution in [1.82, 2.24) is 20.3 Å². The first-order chi connectivity index (χ1) is 17.8. The number of nitrogens with zero attached hydrogens (tertiary/aromatic N) is 2. The van der Waals surface area contributed by atoms with Gasteiger partial charge in [-0.25, -0.2) is 14.4 Å². The molecule has 0 unspecified atom stereocenters. The van der Waals surface area contributed by atoms with E-state index in [1.165, 1.54) is 24.4 Å². The number of H-pyrrole nitrogens is 1. The van der Waals surface area contributed by atoms with Crippen molar-refractivity contribution in [2.75, 3.05) is 12.4 Å². The molecule has 2 heterocycles. The van der Waals surface area contributed by atoms with E-state index >= 15 is 0 Å². The summed E-state index contributed by atoms with van der Waals surface area (Å²) in [6, 6.07) is 4.06. The molecule has 1 fully saturated rings. The zero-order chi connectivity index (χ0) is 28.7. The second kappa shape index (κ2) is 15.3. The van der Waals surface area contributed by atoms with Gasteiger partial charge in [0.15, 0.2) is 5.65 Å². The molecular weight excluding hydrogens is 524 g/mol. The molecule has 9 nitrogen and oxygen atoms in total. The van der Waals surface area contributed by atoms with E-state index in [1.54, 1.807) is 34.0 Å². The fraction of sp³-hybridized carbons (Fsp3) is 0.500. The number of aromatic amines is 1. The predicted molar refractivity (Wildman–Crippen MR) is 152 cm³/mol. The topological polar surface area (TPSA) is 151 Å². The number of aliphatic hydroxyl groups is 1. The zero-order valence-corrected chi connectivity index (χ0v) is 27.5. The van der Waals surface area contributed by atoms with Gasteiger partial charge in [-0.15, -0.1) is 6.04 Å². The van der Waals surface area contributed by atoms with Gasteiger partial charge in [-0.3, -0.25) is 10.2 Å². The zero-order valence-electron chi connectivity index (χ0n) is 24.4. The SMILES string of the molecule is CC.CC(C)(C)O.CNc1cc(F)ccc1C(=N)c1cnc2[nH]cc(C(=O)NC3(C)CCC([NH-])CC3)c2n1.[K+]. The van der Waals surface area contributed by atoms with Crippen molar-refractivity contribution in [1.29, 1.82) is 5.41 Å². The molecule has 1 aliphatic rings. The summed E-state index contributed by atoms with van der Waals surface area (Å²) in [6.45, 7) is 11.2. The van der Waals surface area contributed by atoms with E-state index in [1.807, 2.05) is 20.8 Å². The summed E-state index contributed by atoms with van der Waals surface area (Å²) < 4.78 is 13.6. The number of fused-ring (bicyclic) bond motifs is 1. The molecule has 1 amide bonds. The Labute approximate surface area is 273 Å². The number of hydrogen-bond acceptors (Lipinski definition) is 6. The largest absolute Gasteiger partial charge is 1.00 e. The van der Waals surface area contributed by atoms with Crippen LogP contribution in [-0.2, 0) is 0 Å². The summed E-state index contributed by atoms with van der Waals surface area (Å²) in [5, 5.41) is 23.1. The summed E-state index contributed by atoms with van der Waals surface area (Å²) in [5.41, 5.74) is 9.52. The van der Waals surface area contributed by atoms with Crippen LogP contribution in [0.4, 0.5) is 10.1 Å². The molecule has 0 spiro atoms. The fourth-order valence-corrected chi connectivity index (χ4v) is 3.99. The van der Waals surface area contributed by atoms with Crippen molar-refractivity contribution in [3.63, 3.8) is 0 Å². The van der Waals surface area contributed by atoms with Crippen molar-refractivity contribution >= 4 is 28.5 Å². The average Bonchev–Trinajstić information content (AvgIpc) is 3.29. The van der Waals surface area contributed by atoms with E-state index in [2.05, 4.69) is 25.6 Å². The monoisotopic (exact) mass is 565 g/mol. The van der Waals surface area contributed by atoms with Gasteiger partial charge in [0.25, 0.3) is 5.91 Å². The Morgan fingerprint density at radius 2 is 1.82 bits per heavy atom. The van der Waals surface area contributed by atoms with Gasteiger partial charge in [0.2, 0.25) is 0 Å². The van der Waals surface area contributed by atoms with Crippen molar-refractivity contribution in [2.45, 2.75) is 84.4 Å². The van der Waals surface area contributed by atoms with Crippen LogP contribution in [0.5, 0.6) is 0 Å². The molecule has 1 saturated carbocycles. The first-order valence-corrected chi connectivity index (χ1v) is 13.0. The molecule has 2 aromatic heterocycles.